The molecule has 0 aromatic rings. The van der Waals surface area contributed by atoms with Crippen LogP contribution in [0.2, 0.25) is 0 Å². The number of unbranched alkanes of at least 4 members (excludes halogenated alkanes) is 4. The van der Waals surface area contributed by atoms with Gasteiger partial charge in [0, 0.05) is 36.0 Å². The highest BCUT2D eigenvalue weighted by molar-refractivity contribution is 6.24. The van der Waals surface area contributed by atoms with E-state index in [-0.39, 0.29) is 30.2 Å². The van der Waals surface area contributed by atoms with Crippen molar-refractivity contribution in [2.45, 2.75) is 64.9 Å². The van der Waals surface area contributed by atoms with E-state index in [9.17, 15) is 19.5 Å². The Kier molecular flexibility index (Phi) is 7.11. The summed E-state index contributed by atoms with van der Waals surface area (Å²) in [5.41, 5.74) is 0.755. The van der Waals surface area contributed by atoms with E-state index in [1.54, 1.807) is 24.1 Å². The van der Waals surface area contributed by atoms with Crippen molar-refractivity contribution in [1.82, 2.24) is 4.90 Å². The van der Waals surface area contributed by atoms with Gasteiger partial charge < -0.3 is 14.7 Å². The predicted molar refractivity (Wildman–Crippen MR) is 118 cm³/mol. The quantitative estimate of drug-likeness (QED) is 0.326. The lowest BCUT2D eigenvalue weighted by Crippen LogP contribution is -2.43. The second kappa shape index (κ2) is 9.60. The maximum atomic E-state index is 13.4. The molecule has 31 heavy (non-hydrogen) atoms. The lowest BCUT2D eigenvalue weighted by Gasteiger charge is -2.34. The zero-order chi connectivity index (χ0) is 22.6. The number of carbonyl (C=O) groups is 3. The van der Waals surface area contributed by atoms with Gasteiger partial charge in [-0.3, -0.25) is 9.59 Å². The van der Waals surface area contributed by atoms with E-state index in [0.717, 1.165) is 37.8 Å². The topological polar surface area (TPSA) is 83.9 Å². The molecule has 1 aliphatic carbocycles. The fourth-order valence-electron chi connectivity index (χ4n) is 4.26. The lowest BCUT2D eigenvalue weighted by molar-refractivity contribution is -0.153. The summed E-state index contributed by atoms with van der Waals surface area (Å²) >= 11 is 0. The van der Waals surface area contributed by atoms with Gasteiger partial charge >= 0.3 is 5.97 Å². The molecule has 0 amide bonds. The van der Waals surface area contributed by atoms with E-state index in [1.807, 2.05) is 25.2 Å². The summed E-state index contributed by atoms with van der Waals surface area (Å²) in [5, 5.41) is 9.38. The molecule has 1 N–H and O–H groups in total. The van der Waals surface area contributed by atoms with Crippen LogP contribution < -0.4 is 0 Å². The first-order chi connectivity index (χ1) is 14.9. The van der Waals surface area contributed by atoms with Crippen LogP contribution in [0.3, 0.4) is 0 Å². The highest BCUT2D eigenvalue weighted by Gasteiger charge is 2.54. The van der Waals surface area contributed by atoms with E-state index in [1.165, 1.54) is 0 Å². The number of aliphatic hydroxyl groups is 1. The van der Waals surface area contributed by atoms with Gasteiger partial charge in [0.1, 0.15) is 5.57 Å². The third-order valence-corrected chi connectivity index (χ3v) is 5.96. The number of nitrogens with zero attached hydrogens (tertiary/aromatic N) is 1. The SMILES string of the molecule is C/C=C/C1=CC2=CC3=C(C(=O)CCCCCCC)C(=O)OC3(C)C(=O)C2=CN1CCO. The molecule has 6 nitrogen and oxygen atoms in total. The molecular formula is C25H31NO5. The Morgan fingerprint density at radius 3 is 2.61 bits per heavy atom. The van der Waals surface area contributed by atoms with Crippen LogP contribution in [0, 0.1) is 0 Å². The molecule has 0 aromatic carbocycles. The van der Waals surface area contributed by atoms with E-state index in [0.29, 0.717) is 23.3 Å². The van der Waals surface area contributed by atoms with Gasteiger partial charge in [-0.1, -0.05) is 38.7 Å². The van der Waals surface area contributed by atoms with Gasteiger partial charge in [0.2, 0.25) is 5.78 Å². The van der Waals surface area contributed by atoms with Crippen LogP contribution in [0.1, 0.15) is 59.3 Å². The van der Waals surface area contributed by atoms with Gasteiger partial charge in [-0.25, -0.2) is 4.79 Å². The lowest BCUT2D eigenvalue weighted by atomic mass is 9.76. The van der Waals surface area contributed by atoms with Gasteiger partial charge in [0.25, 0.3) is 0 Å². The number of Topliss-reactive ketones (excluding diaryl/α,β-unsaturated/α-hetero) is 2. The van der Waals surface area contributed by atoms with E-state index in [2.05, 4.69) is 6.92 Å². The number of aliphatic hydroxyl groups excluding tert-OH is 1. The summed E-state index contributed by atoms with van der Waals surface area (Å²) in [5.74, 6) is -1.32. The molecule has 1 unspecified atom stereocenters. The molecule has 6 heteroatoms. The molecular weight excluding hydrogens is 394 g/mol. The van der Waals surface area contributed by atoms with E-state index < -0.39 is 11.6 Å². The molecule has 0 aromatic heterocycles. The van der Waals surface area contributed by atoms with Crippen LogP contribution in [0.15, 0.2) is 58.5 Å². The van der Waals surface area contributed by atoms with Crippen LogP contribution in [-0.4, -0.2) is 46.3 Å². The Bertz CT molecular complexity index is 934. The van der Waals surface area contributed by atoms with Crippen LogP contribution >= 0.6 is 0 Å². The molecule has 0 saturated carbocycles. The normalized spacial score (nSPS) is 22.8. The summed E-state index contributed by atoms with van der Waals surface area (Å²) in [6.07, 6.45) is 14.3. The first kappa shape index (κ1) is 22.9. The Labute approximate surface area is 183 Å². The van der Waals surface area contributed by atoms with Crippen molar-refractivity contribution >= 4 is 17.5 Å². The molecule has 0 bridgehead atoms. The fraction of sp³-hybridized carbons (Fsp3) is 0.480. The molecule has 3 rings (SSSR count). The molecule has 3 aliphatic rings. The Morgan fingerprint density at radius 1 is 1.19 bits per heavy atom. The fourth-order valence-corrected chi connectivity index (χ4v) is 4.26. The number of β-amino-alcohol motifs (C(OH)–C–C–N with tert-alkyl or cyclic N) is 1. The van der Waals surface area contributed by atoms with Crippen LogP contribution in [0.4, 0.5) is 0 Å². The van der Waals surface area contributed by atoms with Crippen molar-refractivity contribution in [2.24, 2.45) is 0 Å². The van der Waals surface area contributed by atoms with Crippen LogP contribution in [0.25, 0.3) is 0 Å². The van der Waals surface area contributed by atoms with Crippen LogP contribution in [-0.2, 0) is 19.1 Å². The minimum absolute atomic E-state index is 0.0108. The Morgan fingerprint density at radius 2 is 1.94 bits per heavy atom. The second-order valence-corrected chi connectivity index (χ2v) is 8.26. The van der Waals surface area contributed by atoms with Crippen molar-refractivity contribution in [3.05, 3.63) is 58.5 Å². The minimum Gasteiger partial charge on any atom is -0.442 e. The smallest absolute Gasteiger partial charge is 0.343 e. The maximum absolute atomic E-state index is 13.4. The van der Waals surface area contributed by atoms with Crippen molar-refractivity contribution in [1.29, 1.82) is 0 Å². The number of rotatable bonds is 10. The third-order valence-electron chi connectivity index (χ3n) is 5.96. The number of ether oxygens (including phenoxy) is 1. The monoisotopic (exact) mass is 425 g/mol. The highest BCUT2D eigenvalue weighted by atomic mass is 16.6. The van der Waals surface area contributed by atoms with Crippen molar-refractivity contribution in [2.75, 3.05) is 13.2 Å². The molecule has 1 atom stereocenters. The summed E-state index contributed by atoms with van der Waals surface area (Å²) in [6.45, 7) is 5.84. The number of esters is 1. The Balaban J connectivity index is 1.97. The number of hydrogen-bond donors (Lipinski definition) is 1. The minimum atomic E-state index is -1.49. The average Bonchev–Trinajstić information content (AvgIpc) is 3.00. The second-order valence-electron chi connectivity index (χ2n) is 8.26. The van der Waals surface area contributed by atoms with E-state index >= 15 is 0 Å². The van der Waals surface area contributed by atoms with E-state index in [4.69, 9.17) is 4.74 Å². The molecule has 0 spiro atoms. The summed E-state index contributed by atoms with van der Waals surface area (Å²) in [7, 11) is 0. The molecule has 2 heterocycles. The molecule has 0 fully saturated rings. The summed E-state index contributed by atoms with van der Waals surface area (Å²) < 4.78 is 5.49. The van der Waals surface area contributed by atoms with Gasteiger partial charge in [0.15, 0.2) is 11.4 Å². The zero-order valence-electron chi connectivity index (χ0n) is 18.6. The third kappa shape index (κ3) is 4.35. The van der Waals surface area contributed by atoms with Crippen LogP contribution in [0.5, 0.6) is 0 Å². The molecule has 166 valence electrons. The number of carbonyl (C=O) groups excluding carboxylic acids is 3. The maximum Gasteiger partial charge on any atom is 0.343 e. The largest absolute Gasteiger partial charge is 0.442 e. The first-order valence-corrected chi connectivity index (χ1v) is 11.1. The standard InChI is InChI=1S/C25H31NO5/c1-4-6-7-8-9-11-21(28)22-20-15-17-14-18(10-5-2)26(12-13-27)16-19(17)23(29)25(20,3)31-24(22)30/h5,10,14-16,27H,4,6-9,11-13H2,1-3H3/b10-5+. The molecule has 0 radical (unpaired) electrons. The predicted octanol–water partition coefficient (Wildman–Crippen LogP) is 3.69. The number of hydrogen-bond acceptors (Lipinski definition) is 6. The number of fused-ring (bicyclic) bond motifs is 2. The number of ketones is 2. The van der Waals surface area contributed by atoms with Crippen molar-refractivity contribution in [3.63, 3.8) is 0 Å². The van der Waals surface area contributed by atoms with Gasteiger partial charge in [-0.15, -0.1) is 0 Å². The highest BCUT2D eigenvalue weighted by Crippen LogP contribution is 2.44. The van der Waals surface area contributed by atoms with Gasteiger partial charge in [-0.2, -0.15) is 0 Å². The van der Waals surface area contributed by atoms with Gasteiger partial charge in [-0.05, 0) is 44.1 Å². The van der Waals surface area contributed by atoms with Gasteiger partial charge in [0.05, 0.1) is 6.61 Å². The molecule has 0 saturated heterocycles. The zero-order valence-corrected chi connectivity index (χ0v) is 18.6. The summed E-state index contributed by atoms with van der Waals surface area (Å²) in [4.78, 5) is 40.7. The average molecular weight is 426 g/mol. The summed E-state index contributed by atoms with van der Waals surface area (Å²) in [6, 6.07) is 0. The molecule has 2 aliphatic heterocycles. The first-order valence-electron chi connectivity index (χ1n) is 11.1. The number of allylic oxidation sites excluding steroid dienone is 4. The van der Waals surface area contributed by atoms with Crippen molar-refractivity contribution in [3.8, 4) is 0 Å². The van der Waals surface area contributed by atoms with Crippen molar-refractivity contribution < 1.29 is 24.2 Å². The Hall–Kier alpha value is -2.73.